The Morgan fingerprint density at radius 3 is 2.93 bits per heavy atom. The molecular weight excluding hydrogens is 190 g/mol. The smallest absolute Gasteiger partial charge is 0.253 e. The molecule has 0 bridgehead atoms. The summed E-state index contributed by atoms with van der Waals surface area (Å²) in [6.07, 6.45) is 1.55. The molecule has 1 aliphatic rings. The lowest BCUT2D eigenvalue weighted by atomic mass is 10.2. The van der Waals surface area contributed by atoms with Gasteiger partial charge in [0.05, 0.1) is 0 Å². The van der Waals surface area contributed by atoms with Gasteiger partial charge in [-0.1, -0.05) is 18.2 Å². The third-order valence-electron chi connectivity index (χ3n) is 2.63. The number of carbonyl (C=O) groups excluding carboxylic acids is 1. The Hall–Kier alpha value is -1.35. The zero-order chi connectivity index (χ0) is 10.7. The lowest BCUT2D eigenvalue weighted by Gasteiger charge is -2.11. The highest BCUT2D eigenvalue weighted by molar-refractivity contribution is 5.94. The number of hydrogen-bond donors (Lipinski definition) is 1. The summed E-state index contributed by atoms with van der Waals surface area (Å²) in [6, 6.07) is 7.75. The zero-order valence-electron chi connectivity index (χ0n) is 8.82. The molecule has 0 radical (unpaired) electrons. The van der Waals surface area contributed by atoms with Crippen molar-refractivity contribution in [3.8, 4) is 0 Å². The van der Waals surface area contributed by atoms with Gasteiger partial charge in [0.15, 0.2) is 0 Å². The van der Waals surface area contributed by atoms with Crippen LogP contribution in [0.4, 0.5) is 5.69 Å². The first-order valence-corrected chi connectivity index (χ1v) is 5.25. The number of rotatable bonds is 2. The van der Waals surface area contributed by atoms with E-state index in [1.165, 1.54) is 0 Å². The zero-order valence-corrected chi connectivity index (χ0v) is 8.82. The van der Waals surface area contributed by atoms with Gasteiger partial charge in [-0.25, -0.2) is 0 Å². The number of hydrogen-bond acceptors (Lipinski definition) is 2. The van der Waals surface area contributed by atoms with Crippen molar-refractivity contribution in [1.29, 1.82) is 0 Å². The average Bonchev–Trinajstić information content (AvgIpc) is 2.74. The average molecular weight is 205 g/mol. The molecule has 15 heavy (non-hydrogen) atoms. The fraction of sp³-hybridized carbons (Fsp3) is 0.417. The van der Waals surface area contributed by atoms with Crippen LogP contribution in [0.5, 0.6) is 0 Å². The second-order valence-electron chi connectivity index (χ2n) is 3.81. The second kappa shape index (κ2) is 4.45. The van der Waals surface area contributed by atoms with Gasteiger partial charge in [0.1, 0.15) is 6.10 Å². The molecule has 1 aliphatic heterocycles. The van der Waals surface area contributed by atoms with Crippen LogP contribution in [0.2, 0.25) is 0 Å². The Balaban J connectivity index is 2.02. The molecule has 1 aromatic carbocycles. The molecule has 3 nitrogen and oxygen atoms in total. The SMILES string of the molecule is Cc1ccccc1NC(=O)C1CCCO1. The lowest BCUT2D eigenvalue weighted by molar-refractivity contribution is -0.124. The third kappa shape index (κ3) is 2.36. The molecule has 1 aromatic rings. The number of para-hydroxylation sites is 1. The van der Waals surface area contributed by atoms with E-state index in [0.29, 0.717) is 6.61 Å². The van der Waals surface area contributed by atoms with Crippen LogP contribution in [0.15, 0.2) is 24.3 Å². The highest BCUT2D eigenvalue weighted by Crippen LogP contribution is 2.17. The first-order chi connectivity index (χ1) is 7.27. The van der Waals surface area contributed by atoms with Gasteiger partial charge in [-0.2, -0.15) is 0 Å². The minimum atomic E-state index is -0.260. The van der Waals surface area contributed by atoms with E-state index in [9.17, 15) is 4.79 Å². The molecular formula is C12H15NO2. The maximum absolute atomic E-state index is 11.7. The summed E-state index contributed by atoms with van der Waals surface area (Å²) < 4.78 is 5.31. The van der Waals surface area contributed by atoms with E-state index in [1.54, 1.807) is 0 Å². The number of amides is 1. The number of nitrogens with one attached hydrogen (secondary N) is 1. The maximum Gasteiger partial charge on any atom is 0.253 e. The molecule has 1 heterocycles. The first kappa shape index (κ1) is 10.2. The summed E-state index contributed by atoms with van der Waals surface area (Å²) in [4.78, 5) is 11.7. The number of ether oxygens (including phenoxy) is 1. The summed E-state index contributed by atoms with van der Waals surface area (Å²) in [5.74, 6) is -0.0261. The fourth-order valence-corrected chi connectivity index (χ4v) is 1.71. The van der Waals surface area contributed by atoms with Crippen LogP contribution in [0, 0.1) is 6.92 Å². The van der Waals surface area contributed by atoms with Gasteiger partial charge in [-0.3, -0.25) is 4.79 Å². The maximum atomic E-state index is 11.7. The molecule has 80 valence electrons. The van der Waals surface area contributed by atoms with E-state index in [0.717, 1.165) is 24.1 Å². The summed E-state index contributed by atoms with van der Waals surface area (Å²) in [5, 5.41) is 2.89. The minimum absolute atomic E-state index is 0.0261. The van der Waals surface area contributed by atoms with Crippen LogP contribution in [0.25, 0.3) is 0 Å². The van der Waals surface area contributed by atoms with Gasteiger partial charge in [0.2, 0.25) is 0 Å². The van der Waals surface area contributed by atoms with Crippen LogP contribution in [-0.4, -0.2) is 18.6 Å². The summed E-state index contributed by atoms with van der Waals surface area (Å²) in [7, 11) is 0. The van der Waals surface area contributed by atoms with Gasteiger partial charge in [-0.05, 0) is 31.4 Å². The van der Waals surface area contributed by atoms with Gasteiger partial charge < -0.3 is 10.1 Å². The van der Waals surface area contributed by atoms with Crippen molar-refractivity contribution < 1.29 is 9.53 Å². The highest BCUT2D eigenvalue weighted by atomic mass is 16.5. The van der Waals surface area contributed by atoms with Crippen molar-refractivity contribution in [2.75, 3.05) is 11.9 Å². The molecule has 1 amide bonds. The van der Waals surface area contributed by atoms with Gasteiger partial charge in [-0.15, -0.1) is 0 Å². The molecule has 1 atom stereocenters. The monoisotopic (exact) mass is 205 g/mol. The van der Waals surface area contributed by atoms with Crippen LogP contribution in [-0.2, 0) is 9.53 Å². The first-order valence-electron chi connectivity index (χ1n) is 5.25. The van der Waals surface area contributed by atoms with E-state index < -0.39 is 0 Å². The Bertz CT molecular complexity index is 356. The van der Waals surface area contributed by atoms with Crippen LogP contribution < -0.4 is 5.32 Å². The highest BCUT2D eigenvalue weighted by Gasteiger charge is 2.23. The van der Waals surface area contributed by atoms with Gasteiger partial charge >= 0.3 is 0 Å². The molecule has 2 rings (SSSR count). The van der Waals surface area contributed by atoms with E-state index in [-0.39, 0.29) is 12.0 Å². The van der Waals surface area contributed by atoms with Crippen molar-refractivity contribution in [1.82, 2.24) is 0 Å². The normalized spacial score (nSPS) is 20.2. The minimum Gasteiger partial charge on any atom is -0.368 e. The fourth-order valence-electron chi connectivity index (χ4n) is 1.71. The standard InChI is InChI=1S/C12H15NO2/c1-9-5-2-3-6-10(9)13-12(14)11-7-4-8-15-11/h2-3,5-6,11H,4,7-8H2,1H3,(H,13,14). The van der Waals surface area contributed by atoms with Crippen molar-refractivity contribution in [2.24, 2.45) is 0 Å². The molecule has 1 saturated heterocycles. The molecule has 0 aromatic heterocycles. The Morgan fingerprint density at radius 1 is 1.47 bits per heavy atom. The van der Waals surface area contributed by atoms with Crippen LogP contribution in [0.3, 0.4) is 0 Å². The van der Waals surface area contributed by atoms with Crippen LogP contribution in [0.1, 0.15) is 18.4 Å². The quantitative estimate of drug-likeness (QED) is 0.803. The molecule has 0 spiro atoms. The predicted octanol–water partition coefficient (Wildman–Crippen LogP) is 2.11. The molecule has 0 saturated carbocycles. The molecule has 1 N–H and O–H groups in total. The van der Waals surface area contributed by atoms with Gasteiger partial charge in [0, 0.05) is 12.3 Å². The topological polar surface area (TPSA) is 38.3 Å². The molecule has 3 heteroatoms. The van der Waals surface area contributed by atoms with Crippen molar-refractivity contribution in [3.63, 3.8) is 0 Å². The summed E-state index contributed by atoms with van der Waals surface area (Å²) in [6.45, 7) is 2.68. The molecule has 1 unspecified atom stereocenters. The lowest BCUT2D eigenvalue weighted by Crippen LogP contribution is -2.27. The van der Waals surface area contributed by atoms with E-state index in [2.05, 4.69) is 5.32 Å². The van der Waals surface area contributed by atoms with Gasteiger partial charge in [0.25, 0.3) is 5.91 Å². The number of benzene rings is 1. The Labute approximate surface area is 89.4 Å². The van der Waals surface area contributed by atoms with Crippen molar-refractivity contribution in [2.45, 2.75) is 25.9 Å². The van der Waals surface area contributed by atoms with Crippen LogP contribution >= 0.6 is 0 Å². The summed E-state index contributed by atoms with van der Waals surface area (Å²) in [5.41, 5.74) is 1.95. The number of carbonyl (C=O) groups is 1. The van der Waals surface area contributed by atoms with Crippen molar-refractivity contribution in [3.05, 3.63) is 29.8 Å². The van der Waals surface area contributed by atoms with E-state index >= 15 is 0 Å². The molecule has 0 aliphatic carbocycles. The van der Waals surface area contributed by atoms with E-state index in [1.807, 2.05) is 31.2 Å². The van der Waals surface area contributed by atoms with Crippen molar-refractivity contribution >= 4 is 11.6 Å². The van der Waals surface area contributed by atoms with E-state index in [4.69, 9.17) is 4.74 Å². The second-order valence-corrected chi connectivity index (χ2v) is 3.81. The Kier molecular flexibility index (Phi) is 3.02. The number of aryl methyl sites for hydroxylation is 1. The predicted molar refractivity (Wildman–Crippen MR) is 58.8 cm³/mol. The Morgan fingerprint density at radius 2 is 2.27 bits per heavy atom. The summed E-state index contributed by atoms with van der Waals surface area (Å²) >= 11 is 0. The molecule has 1 fully saturated rings. The number of anilines is 1. The third-order valence-corrected chi connectivity index (χ3v) is 2.63. The largest absolute Gasteiger partial charge is 0.368 e.